The van der Waals surface area contributed by atoms with Gasteiger partial charge in [-0.25, -0.2) is 0 Å². The van der Waals surface area contributed by atoms with E-state index in [2.05, 4.69) is 41.5 Å². The molecule has 398 valence electrons. The van der Waals surface area contributed by atoms with Crippen molar-refractivity contribution in [1.29, 1.82) is 0 Å². The molecule has 0 atom stereocenters. The van der Waals surface area contributed by atoms with E-state index in [1.807, 2.05) is 41.5 Å². The first kappa shape index (κ1) is 96.1. The van der Waals surface area contributed by atoms with E-state index < -0.39 is 0 Å². The third kappa shape index (κ3) is 131. The van der Waals surface area contributed by atoms with Crippen molar-refractivity contribution in [1.82, 2.24) is 0 Å². The first-order chi connectivity index (χ1) is 26.5. The lowest BCUT2D eigenvalue weighted by Gasteiger charge is -2.05. The van der Waals surface area contributed by atoms with Crippen LogP contribution in [0.15, 0.2) is 0 Å². The van der Waals surface area contributed by atoms with Gasteiger partial charge in [-0.15, -0.1) is 0 Å². The molecule has 10 saturated carbocycles. The molecule has 0 aliphatic heterocycles. The molecule has 10 aliphatic rings. The normalized spacial score (nSPS) is 16.9. The molecule has 0 bridgehead atoms. The van der Waals surface area contributed by atoms with Gasteiger partial charge in [0, 0.05) is 0 Å². The van der Waals surface area contributed by atoms with Gasteiger partial charge in [-0.05, 0) is 11.8 Å². The molecule has 0 heteroatoms. The summed E-state index contributed by atoms with van der Waals surface area (Å²) < 4.78 is 0. The molecule has 10 fully saturated rings. The van der Waals surface area contributed by atoms with Gasteiger partial charge in [0.2, 0.25) is 0 Å². The average Bonchev–Trinajstić information content (AvgIpc) is 2.76. The molecule has 62 heavy (non-hydrogen) atoms. The Bertz CT molecular complexity index is 280. The third-order valence-electron chi connectivity index (χ3n) is 10.00. The molecule has 0 amide bonds. The van der Waals surface area contributed by atoms with Crippen LogP contribution in [0.5, 0.6) is 0 Å². The van der Waals surface area contributed by atoms with E-state index in [1.165, 1.54) is 257 Å². The van der Waals surface area contributed by atoms with Crippen molar-refractivity contribution >= 4 is 0 Å². The molecular weight excluding hydrogens is 745 g/mol. The minimum atomic E-state index is 0. The van der Waals surface area contributed by atoms with Crippen LogP contribution in [0, 0.1) is 11.8 Å². The van der Waals surface area contributed by atoms with Crippen LogP contribution in [-0.2, 0) is 0 Å². The van der Waals surface area contributed by atoms with Gasteiger partial charge in [0.15, 0.2) is 0 Å². The Labute approximate surface area is 409 Å². The summed E-state index contributed by atoms with van der Waals surface area (Å²) >= 11 is 0. The molecule has 0 unspecified atom stereocenters. The van der Waals surface area contributed by atoms with Crippen molar-refractivity contribution in [2.24, 2.45) is 11.8 Å². The van der Waals surface area contributed by atoms with Gasteiger partial charge in [0.05, 0.1) is 0 Å². The van der Waals surface area contributed by atoms with Crippen molar-refractivity contribution < 1.29 is 0 Å². The van der Waals surface area contributed by atoms with Crippen LogP contribution in [0.25, 0.3) is 0 Å². The quantitative estimate of drug-likeness (QED) is 0.227. The molecule has 0 aromatic rings. The molecule has 0 aromatic carbocycles. The van der Waals surface area contributed by atoms with Crippen LogP contribution in [0.3, 0.4) is 0 Å². The molecule has 0 aromatic heterocycles. The highest BCUT2D eigenvalue weighted by molar-refractivity contribution is 4.54. The fourth-order valence-corrected chi connectivity index (χ4v) is 2.50. The Morgan fingerprint density at radius 1 is 0.129 bits per heavy atom. The summed E-state index contributed by atoms with van der Waals surface area (Å²) in [5.74, 6) is 1.67. The molecular formula is C62H150. The number of hydrogen-bond acceptors (Lipinski definition) is 0. The number of hydrogen-bond donors (Lipinski definition) is 0. The van der Waals surface area contributed by atoms with Gasteiger partial charge in [-0.3, -0.25) is 0 Å². The largest absolute Gasteiger partial charge is 0.0776 e. The summed E-state index contributed by atoms with van der Waals surface area (Å²) in [6.45, 7) is 25.0. The SMILES string of the molecule is C.C.C.C.C.C.C.C.C1CCC1.C1CCC1.C1CCC1.C1CCC1.C1CCC1.C1CCC1.C1CCC1.C1CCC1.C1CCC1.C1CCC1.CC.CC.CC.CC(C)C.CC(C)C. The van der Waals surface area contributed by atoms with Crippen molar-refractivity contribution in [2.75, 3.05) is 0 Å². The zero-order valence-corrected chi connectivity index (χ0v) is 41.4. The second-order valence-corrected chi connectivity index (χ2v) is 17.6. The van der Waals surface area contributed by atoms with Crippen molar-refractivity contribution in [2.45, 2.75) is 399 Å². The van der Waals surface area contributed by atoms with Gasteiger partial charge in [-0.1, -0.05) is 399 Å². The highest BCUT2D eigenvalue weighted by Crippen LogP contribution is 2.18. The first-order valence-corrected chi connectivity index (χ1v) is 26.5. The Morgan fingerprint density at radius 2 is 0.145 bits per heavy atom. The maximum Gasteiger partial charge on any atom is -0.0500 e. The van der Waals surface area contributed by atoms with E-state index in [-0.39, 0.29) is 59.4 Å². The van der Waals surface area contributed by atoms with Crippen molar-refractivity contribution in [3.63, 3.8) is 0 Å². The predicted octanol–water partition coefficient (Wildman–Crippen LogP) is 27.1. The van der Waals surface area contributed by atoms with E-state index in [9.17, 15) is 0 Å². The fraction of sp³-hybridized carbons (Fsp3) is 1.00. The van der Waals surface area contributed by atoms with Crippen LogP contribution in [-0.4, -0.2) is 0 Å². The Morgan fingerprint density at radius 3 is 0.145 bits per heavy atom. The number of rotatable bonds is 0. The molecule has 0 heterocycles. The van der Waals surface area contributed by atoms with Gasteiger partial charge >= 0.3 is 0 Å². The molecule has 0 nitrogen and oxygen atoms in total. The second-order valence-electron chi connectivity index (χ2n) is 17.6. The lowest BCUT2D eigenvalue weighted by atomic mass is 10.0. The molecule has 0 saturated heterocycles. The van der Waals surface area contributed by atoms with Crippen LogP contribution in [0.2, 0.25) is 0 Å². The second kappa shape index (κ2) is 104. The van der Waals surface area contributed by atoms with E-state index >= 15 is 0 Å². The summed E-state index contributed by atoms with van der Waals surface area (Å²) in [7, 11) is 0. The van der Waals surface area contributed by atoms with Gasteiger partial charge in [-0.2, -0.15) is 0 Å². The van der Waals surface area contributed by atoms with Crippen LogP contribution >= 0.6 is 0 Å². The summed E-state index contributed by atoms with van der Waals surface area (Å²) in [4.78, 5) is 0. The highest BCUT2D eigenvalue weighted by atomic mass is 14.0. The predicted molar refractivity (Wildman–Crippen MR) is 314 cm³/mol. The first-order valence-electron chi connectivity index (χ1n) is 26.5. The monoisotopic (exact) mass is 895 g/mol. The summed E-state index contributed by atoms with van der Waals surface area (Å²) in [5.41, 5.74) is 0. The molecule has 0 radical (unpaired) electrons. The van der Waals surface area contributed by atoms with Gasteiger partial charge in [0.25, 0.3) is 0 Å². The van der Waals surface area contributed by atoms with Crippen molar-refractivity contribution in [3.05, 3.63) is 0 Å². The maximum atomic E-state index is 2.17. The zero-order valence-electron chi connectivity index (χ0n) is 41.4. The van der Waals surface area contributed by atoms with Crippen molar-refractivity contribution in [3.8, 4) is 0 Å². The lowest BCUT2D eigenvalue weighted by molar-refractivity contribution is 0.504. The Balaban J connectivity index is -0.0000000376. The minimum absolute atomic E-state index is 0. The molecule has 0 spiro atoms. The molecule has 10 aliphatic carbocycles. The zero-order chi connectivity index (χ0) is 41.4. The van der Waals surface area contributed by atoms with E-state index in [0.717, 1.165) is 11.8 Å². The van der Waals surface area contributed by atoms with Gasteiger partial charge in [0.1, 0.15) is 0 Å². The van der Waals surface area contributed by atoms with Gasteiger partial charge < -0.3 is 0 Å². The van der Waals surface area contributed by atoms with E-state index in [1.54, 1.807) is 0 Å². The smallest absolute Gasteiger partial charge is 0.0500 e. The molecule has 0 N–H and O–H groups in total. The highest BCUT2D eigenvalue weighted by Gasteiger charge is 1.99. The minimum Gasteiger partial charge on any atom is -0.0776 e. The van der Waals surface area contributed by atoms with E-state index in [0.29, 0.717) is 0 Å². The Hall–Kier alpha value is 0. The van der Waals surface area contributed by atoms with Crippen LogP contribution < -0.4 is 0 Å². The summed E-state index contributed by atoms with van der Waals surface area (Å²) in [6, 6.07) is 0. The average molecular weight is 896 g/mol. The van der Waals surface area contributed by atoms with Crippen LogP contribution in [0.4, 0.5) is 0 Å². The standard InChI is InChI=1S/10C4H8.2C4H10.3C2H6.8CH4/c10*1-2-4-3-1;2*1-4(2)3;3*1-2;;;;;;;;/h10*1-4H2;2*4H,1-3H3;3*1-2H3;8*1H4. The lowest BCUT2D eigenvalue weighted by Crippen LogP contribution is -1.85. The summed E-state index contributed by atoms with van der Waals surface area (Å²) in [5, 5.41) is 0. The summed E-state index contributed by atoms with van der Waals surface area (Å²) in [6.07, 6.45) is 60.0. The van der Waals surface area contributed by atoms with E-state index in [4.69, 9.17) is 0 Å². The Kier molecular flexibility index (Phi) is 161. The maximum absolute atomic E-state index is 2.17. The molecule has 10 rings (SSSR count). The fourth-order valence-electron chi connectivity index (χ4n) is 2.50. The third-order valence-corrected chi connectivity index (χ3v) is 10.00. The van der Waals surface area contributed by atoms with Crippen LogP contribution in [0.1, 0.15) is 399 Å². The topological polar surface area (TPSA) is 0 Å².